The number of carbonyl (C=O) groups excluding carboxylic acids is 1. The van der Waals surface area contributed by atoms with Gasteiger partial charge in [-0.15, -0.1) is 22.7 Å². The summed E-state index contributed by atoms with van der Waals surface area (Å²) in [5, 5.41) is 6.77. The van der Waals surface area contributed by atoms with E-state index in [0.29, 0.717) is 4.88 Å². The van der Waals surface area contributed by atoms with Crippen LogP contribution < -0.4 is 5.32 Å². The molecule has 5 nitrogen and oxygen atoms in total. The fourth-order valence-electron chi connectivity index (χ4n) is 2.89. The van der Waals surface area contributed by atoms with Gasteiger partial charge in [-0.05, 0) is 54.8 Å². The number of aromatic nitrogens is 3. The summed E-state index contributed by atoms with van der Waals surface area (Å²) in [7, 11) is 0. The Labute approximate surface area is 178 Å². The lowest BCUT2D eigenvalue weighted by Crippen LogP contribution is -2.11. The van der Waals surface area contributed by atoms with E-state index in [4.69, 9.17) is 0 Å². The molecule has 1 aromatic carbocycles. The van der Waals surface area contributed by atoms with Crippen molar-refractivity contribution in [3.63, 3.8) is 0 Å². The van der Waals surface area contributed by atoms with Crippen LogP contribution in [0.4, 0.5) is 5.69 Å². The molecule has 29 heavy (non-hydrogen) atoms. The average molecular weight is 435 g/mol. The van der Waals surface area contributed by atoms with Crippen molar-refractivity contribution in [3.8, 4) is 20.5 Å². The minimum Gasteiger partial charge on any atom is -0.321 e. The summed E-state index contributed by atoms with van der Waals surface area (Å²) in [6.07, 6.45) is 1.77. The SMILES string of the molecule is Cc1nc(-c2cccs2)sc1C(=O)Nc1ccc(-c2nc3cccnc3s2)cc1. The number of amides is 1. The maximum atomic E-state index is 12.7. The Morgan fingerprint density at radius 3 is 2.59 bits per heavy atom. The number of nitrogens with one attached hydrogen (secondary N) is 1. The molecule has 0 aliphatic heterocycles. The number of fused-ring (bicyclic) bond motifs is 1. The van der Waals surface area contributed by atoms with Crippen LogP contribution in [0.25, 0.3) is 30.8 Å². The van der Waals surface area contributed by atoms with E-state index in [-0.39, 0.29) is 5.91 Å². The maximum absolute atomic E-state index is 12.7. The molecule has 0 radical (unpaired) electrons. The number of thiophene rings is 1. The lowest BCUT2D eigenvalue weighted by atomic mass is 10.2. The molecule has 8 heteroatoms. The predicted molar refractivity (Wildman–Crippen MR) is 121 cm³/mol. The zero-order valence-electron chi connectivity index (χ0n) is 15.2. The van der Waals surface area contributed by atoms with Crippen LogP contribution in [-0.4, -0.2) is 20.9 Å². The molecule has 0 spiro atoms. The number of aryl methyl sites for hydroxylation is 1. The van der Waals surface area contributed by atoms with Crippen molar-refractivity contribution in [1.29, 1.82) is 0 Å². The van der Waals surface area contributed by atoms with Crippen LogP contribution in [0.2, 0.25) is 0 Å². The molecular weight excluding hydrogens is 420 g/mol. The minimum atomic E-state index is -0.139. The van der Waals surface area contributed by atoms with Crippen LogP contribution in [0.5, 0.6) is 0 Å². The molecular formula is C21H14N4OS3. The molecule has 5 rings (SSSR count). The van der Waals surface area contributed by atoms with Crippen molar-refractivity contribution in [1.82, 2.24) is 15.0 Å². The first-order valence-electron chi connectivity index (χ1n) is 8.82. The molecule has 0 aliphatic rings. The number of hydrogen-bond donors (Lipinski definition) is 1. The van der Waals surface area contributed by atoms with Gasteiger partial charge in [-0.1, -0.05) is 17.4 Å². The highest BCUT2D eigenvalue weighted by molar-refractivity contribution is 7.22. The maximum Gasteiger partial charge on any atom is 0.267 e. The second-order valence-corrected chi connectivity index (χ2v) is 9.21. The minimum absolute atomic E-state index is 0.139. The summed E-state index contributed by atoms with van der Waals surface area (Å²) in [5.74, 6) is -0.139. The van der Waals surface area contributed by atoms with Gasteiger partial charge < -0.3 is 5.32 Å². The zero-order valence-corrected chi connectivity index (χ0v) is 17.7. The van der Waals surface area contributed by atoms with E-state index in [0.717, 1.165) is 42.2 Å². The fraction of sp³-hybridized carbons (Fsp3) is 0.0476. The number of thiazole rings is 2. The first-order chi connectivity index (χ1) is 14.2. The molecule has 0 saturated carbocycles. The quantitative estimate of drug-likeness (QED) is 0.371. The monoisotopic (exact) mass is 434 g/mol. The normalized spacial score (nSPS) is 11.1. The first-order valence-corrected chi connectivity index (χ1v) is 11.3. The summed E-state index contributed by atoms with van der Waals surface area (Å²) in [4.78, 5) is 28.9. The molecule has 142 valence electrons. The number of rotatable bonds is 4. The molecule has 0 bridgehead atoms. The summed E-state index contributed by atoms with van der Waals surface area (Å²) < 4.78 is 0. The van der Waals surface area contributed by atoms with E-state index in [1.807, 2.05) is 60.8 Å². The Morgan fingerprint density at radius 1 is 0.966 bits per heavy atom. The third kappa shape index (κ3) is 3.57. The van der Waals surface area contributed by atoms with Gasteiger partial charge in [-0.3, -0.25) is 4.79 Å². The van der Waals surface area contributed by atoms with Gasteiger partial charge in [0.05, 0.1) is 10.6 Å². The van der Waals surface area contributed by atoms with Crippen molar-refractivity contribution in [2.45, 2.75) is 6.92 Å². The Bertz CT molecular complexity index is 1270. The van der Waals surface area contributed by atoms with Gasteiger partial charge in [-0.2, -0.15) is 0 Å². The predicted octanol–water partition coefficient (Wildman–Crippen LogP) is 6.10. The van der Waals surface area contributed by atoms with Crippen molar-refractivity contribution < 1.29 is 4.79 Å². The average Bonchev–Trinajstić information content (AvgIpc) is 3.47. The van der Waals surface area contributed by atoms with Crippen molar-refractivity contribution in [2.24, 2.45) is 0 Å². The number of benzene rings is 1. The van der Waals surface area contributed by atoms with Gasteiger partial charge >= 0.3 is 0 Å². The molecule has 0 fully saturated rings. The number of nitrogens with zero attached hydrogens (tertiary/aromatic N) is 3. The van der Waals surface area contributed by atoms with Gasteiger partial charge in [0.15, 0.2) is 0 Å². The lowest BCUT2D eigenvalue weighted by Gasteiger charge is -2.05. The van der Waals surface area contributed by atoms with E-state index >= 15 is 0 Å². The third-order valence-electron chi connectivity index (χ3n) is 4.29. The number of pyridine rings is 1. The van der Waals surface area contributed by atoms with Crippen LogP contribution in [0.1, 0.15) is 15.4 Å². The molecule has 5 aromatic rings. The van der Waals surface area contributed by atoms with Crippen molar-refractivity contribution >= 4 is 56.0 Å². The van der Waals surface area contributed by atoms with Crippen molar-refractivity contribution in [3.05, 3.63) is 70.7 Å². The van der Waals surface area contributed by atoms with Gasteiger partial charge in [0.25, 0.3) is 5.91 Å². The Balaban J connectivity index is 1.35. The second-order valence-electron chi connectivity index (χ2n) is 6.29. The van der Waals surface area contributed by atoms with Gasteiger partial charge in [0, 0.05) is 17.4 Å². The van der Waals surface area contributed by atoms with E-state index in [1.54, 1.807) is 28.9 Å². The zero-order chi connectivity index (χ0) is 19.8. The number of carbonyl (C=O) groups is 1. The summed E-state index contributed by atoms with van der Waals surface area (Å²) >= 11 is 4.60. The summed E-state index contributed by atoms with van der Waals surface area (Å²) in [5.41, 5.74) is 3.38. The Kier molecular flexibility index (Phi) is 4.67. The van der Waals surface area contributed by atoms with E-state index in [9.17, 15) is 4.79 Å². The highest BCUT2D eigenvalue weighted by atomic mass is 32.1. The standard InChI is InChI=1S/C21H14N4OS3/c1-12-17(28-21(23-12)16-5-3-11-27-16)18(26)24-14-8-6-13(7-9-14)19-25-15-4-2-10-22-20(15)29-19/h2-11H,1H3,(H,24,26). The van der Waals surface area contributed by atoms with Gasteiger partial charge in [0.2, 0.25) is 0 Å². The largest absolute Gasteiger partial charge is 0.321 e. The molecule has 0 atom stereocenters. The molecule has 1 N–H and O–H groups in total. The van der Waals surface area contributed by atoms with E-state index < -0.39 is 0 Å². The topological polar surface area (TPSA) is 67.8 Å². The summed E-state index contributed by atoms with van der Waals surface area (Å²) in [6.45, 7) is 1.87. The van der Waals surface area contributed by atoms with Crippen LogP contribution in [0, 0.1) is 6.92 Å². The van der Waals surface area contributed by atoms with Crippen LogP contribution in [-0.2, 0) is 0 Å². The third-order valence-corrected chi connectivity index (χ3v) is 7.51. The summed E-state index contributed by atoms with van der Waals surface area (Å²) in [6, 6.07) is 15.6. The number of anilines is 1. The molecule has 0 unspecified atom stereocenters. The second kappa shape index (κ2) is 7.47. The number of hydrogen-bond acceptors (Lipinski definition) is 7. The van der Waals surface area contributed by atoms with Crippen LogP contribution in [0.3, 0.4) is 0 Å². The highest BCUT2D eigenvalue weighted by Crippen LogP contribution is 2.32. The molecule has 4 heterocycles. The van der Waals surface area contributed by atoms with Crippen LogP contribution >= 0.6 is 34.0 Å². The van der Waals surface area contributed by atoms with Gasteiger partial charge in [0.1, 0.15) is 25.2 Å². The van der Waals surface area contributed by atoms with E-state index in [1.165, 1.54) is 11.3 Å². The Morgan fingerprint density at radius 2 is 1.83 bits per heavy atom. The molecule has 0 saturated heterocycles. The Hall–Kier alpha value is -2.94. The smallest absolute Gasteiger partial charge is 0.267 e. The van der Waals surface area contributed by atoms with Crippen LogP contribution in [0.15, 0.2) is 60.1 Å². The van der Waals surface area contributed by atoms with Crippen molar-refractivity contribution in [2.75, 3.05) is 5.32 Å². The first kappa shape index (κ1) is 18.1. The molecule has 4 aromatic heterocycles. The highest BCUT2D eigenvalue weighted by Gasteiger charge is 2.17. The van der Waals surface area contributed by atoms with E-state index in [2.05, 4.69) is 20.3 Å². The molecule has 0 aliphatic carbocycles. The van der Waals surface area contributed by atoms with Gasteiger partial charge in [-0.25, -0.2) is 15.0 Å². The lowest BCUT2D eigenvalue weighted by molar-refractivity contribution is 0.103. The fourth-order valence-corrected chi connectivity index (χ4v) is 5.56. The molecule has 1 amide bonds.